The fourth-order valence-electron chi connectivity index (χ4n) is 1.66. The van der Waals surface area contributed by atoms with E-state index in [9.17, 15) is 4.79 Å². The van der Waals surface area contributed by atoms with Crippen molar-refractivity contribution < 1.29 is 4.79 Å². The van der Waals surface area contributed by atoms with E-state index in [0.717, 1.165) is 10.4 Å². The minimum atomic E-state index is 0.0771. The van der Waals surface area contributed by atoms with Crippen LogP contribution in [0.3, 0.4) is 0 Å². The minimum absolute atomic E-state index is 0.0771. The first-order valence-corrected chi connectivity index (χ1v) is 6.40. The number of nitrogen functional groups attached to an aromatic ring is 1. The number of carbonyl (C=O) groups excluding carboxylic acids is 1. The molecule has 2 N–H and O–H groups in total. The molecule has 0 saturated carbocycles. The monoisotopic (exact) mass is 265 g/mol. The third-order valence-electron chi connectivity index (χ3n) is 2.64. The number of halogens is 1. The Kier molecular flexibility index (Phi) is 3.50. The van der Waals surface area contributed by atoms with Crippen molar-refractivity contribution in [2.24, 2.45) is 0 Å². The van der Waals surface area contributed by atoms with Crippen molar-refractivity contribution in [2.75, 3.05) is 5.73 Å². The van der Waals surface area contributed by atoms with Gasteiger partial charge in [-0.05, 0) is 30.7 Å². The third kappa shape index (κ3) is 2.68. The fourth-order valence-corrected chi connectivity index (χ4v) is 2.74. The Hall–Kier alpha value is -1.32. The maximum absolute atomic E-state index is 12.1. The summed E-state index contributed by atoms with van der Waals surface area (Å²) in [6, 6.07) is 9.10. The lowest BCUT2D eigenvalue weighted by atomic mass is 10.0. The lowest BCUT2D eigenvalue weighted by Crippen LogP contribution is -2.06. The van der Waals surface area contributed by atoms with Gasteiger partial charge in [-0.15, -0.1) is 11.3 Å². The number of anilines is 1. The summed E-state index contributed by atoms with van der Waals surface area (Å²) in [6.07, 6.45) is 0.377. The topological polar surface area (TPSA) is 43.1 Å². The van der Waals surface area contributed by atoms with Crippen LogP contribution in [0.2, 0.25) is 4.34 Å². The number of rotatable bonds is 3. The molecular weight excluding hydrogens is 254 g/mol. The maximum Gasteiger partial charge on any atom is 0.168 e. The second kappa shape index (κ2) is 4.90. The lowest BCUT2D eigenvalue weighted by Gasteiger charge is -2.06. The average Bonchev–Trinajstić information content (AvgIpc) is 2.68. The van der Waals surface area contributed by atoms with Crippen LogP contribution in [-0.4, -0.2) is 5.78 Å². The Balaban J connectivity index is 2.23. The van der Waals surface area contributed by atoms with Crippen LogP contribution in [0.1, 0.15) is 20.8 Å². The van der Waals surface area contributed by atoms with Crippen LogP contribution in [-0.2, 0) is 6.42 Å². The van der Waals surface area contributed by atoms with Gasteiger partial charge in [-0.1, -0.05) is 23.7 Å². The Morgan fingerprint density at radius 1 is 1.35 bits per heavy atom. The highest BCUT2D eigenvalue weighted by atomic mass is 35.5. The standard InChI is InChI=1S/C13H12ClNOS/c1-8-10(3-2-4-11(8)15)12(16)7-9-5-6-13(14)17-9/h2-6H,7,15H2,1H3. The molecule has 0 atom stereocenters. The molecule has 2 rings (SSSR count). The molecule has 0 saturated heterocycles. The molecule has 1 aromatic heterocycles. The molecule has 0 amide bonds. The van der Waals surface area contributed by atoms with Crippen molar-refractivity contribution in [2.45, 2.75) is 13.3 Å². The number of Topliss-reactive ketones (excluding diaryl/α,β-unsaturated/α-hetero) is 1. The summed E-state index contributed by atoms with van der Waals surface area (Å²) in [7, 11) is 0. The molecule has 0 aliphatic carbocycles. The maximum atomic E-state index is 12.1. The van der Waals surface area contributed by atoms with Crippen LogP contribution in [0.5, 0.6) is 0 Å². The summed E-state index contributed by atoms with van der Waals surface area (Å²) in [6.45, 7) is 1.87. The zero-order valence-electron chi connectivity index (χ0n) is 9.37. The Morgan fingerprint density at radius 2 is 2.12 bits per heavy atom. The predicted octanol–water partition coefficient (Wildman–Crippen LogP) is 3.72. The number of carbonyl (C=O) groups is 1. The molecule has 2 nitrogen and oxygen atoms in total. The van der Waals surface area contributed by atoms with E-state index in [1.165, 1.54) is 11.3 Å². The second-order valence-corrected chi connectivity index (χ2v) is 5.63. The normalized spacial score (nSPS) is 10.5. The van der Waals surface area contributed by atoms with Crippen LogP contribution < -0.4 is 5.73 Å². The Labute approximate surface area is 109 Å². The molecule has 0 unspecified atom stereocenters. The average molecular weight is 266 g/mol. The van der Waals surface area contributed by atoms with Crippen LogP contribution in [0.25, 0.3) is 0 Å². The summed E-state index contributed by atoms with van der Waals surface area (Å²) >= 11 is 7.27. The van der Waals surface area contributed by atoms with Gasteiger partial charge in [0.1, 0.15) is 0 Å². The van der Waals surface area contributed by atoms with E-state index >= 15 is 0 Å². The third-order valence-corrected chi connectivity index (χ3v) is 3.87. The largest absolute Gasteiger partial charge is 0.398 e. The Bertz CT molecular complexity index is 562. The van der Waals surface area contributed by atoms with E-state index in [4.69, 9.17) is 17.3 Å². The molecule has 1 heterocycles. The molecule has 0 bridgehead atoms. The van der Waals surface area contributed by atoms with Crippen molar-refractivity contribution in [3.63, 3.8) is 0 Å². The highest BCUT2D eigenvalue weighted by Gasteiger charge is 2.12. The van der Waals surface area contributed by atoms with Gasteiger partial charge in [-0.3, -0.25) is 4.79 Å². The number of thiophene rings is 1. The number of hydrogen-bond donors (Lipinski definition) is 1. The van der Waals surface area contributed by atoms with E-state index in [2.05, 4.69) is 0 Å². The van der Waals surface area contributed by atoms with Gasteiger partial charge in [-0.2, -0.15) is 0 Å². The van der Waals surface area contributed by atoms with Gasteiger partial charge in [0.15, 0.2) is 5.78 Å². The summed E-state index contributed by atoms with van der Waals surface area (Å²) in [5, 5.41) is 0. The first-order chi connectivity index (χ1) is 8.08. The highest BCUT2D eigenvalue weighted by Crippen LogP contribution is 2.24. The molecule has 0 spiro atoms. The van der Waals surface area contributed by atoms with Crippen molar-refractivity contribution in [3.8, 4) is 0 Å². The number of hydrogen-bond acceptors (Lipinski definition) is 3. The molecule has 17 heavy (non-hydrogen) atoms. The molecule has 2 aromatic rings. The molecule has 0 aliphatic heterocycles. The van der Waals surface area contributed by atoms with Gasteiger partial charge in [-0.25, -0.2) is 0 Å². The quantitative estimate of drug-likeness (QED) is 0.679. The van der Waals surface area contributed by atoms with Crippen molar-refractivity contribution in [3.05, 3.63) is 50.7 Å². The van der Waals surface area contributed by atoms with Gasteiger partial charge >= 0.3 is 0 Å². The fraction of sp³-hybridized carbons (Fsp3) is 0.154. The van der Waals surface area contributed by atoms with E-state index in [1.807, 2.05) is 19.1 Å². The van der Waals surface area contributed by atoms with Crippen molar-refractivity contribution in [1.29, 1.82) is 0 Å². The number of nitrogens with two attached hydrogens (primary N) is 1. The lowest BCUT2D eigenvalue weighted by molar-refractivity contribution is 0.0993. The SMILES string of the molecule is Cc1c(N)cccc1C(=O)Cc1ccc(Cl)s1. The summed E-state index contributed by atoms with van der Waals surface area (Å²) in [5.41, 5.74) is 7.97. The molecule has 0 radical (unpaired) electrons. The van der Waals surface area contributed by atoms with Gasteiger partial charge in [0.2, 0.25) is 0 Å². The van der Waals surface area contributed by atoms with Crippen LogP contribution in [0.4, 0.5) is 5.69 Å². The summed E-state index contributed by atoms with van der Waals surface area (Å²) in [5.74, 6) is 0.0771. The van der Waals surface area contributed by atoms with E-state index in [1.54, 1.807) is 18.2 Å². The van der Waals surface area contributed by atoms with E-state index in [0.29, 0.717) is 22.0 Å². The van der Waals surface area contributed by atoms with Crippen molar-refractivity contribution in [1.82, 2.24) is 0 Å². The molecule has 0 aliphatic rings. The van der Waals surface area contributed by atoms with Crippen LogP contribution in [0, 0.1) is 6.92 Å². The van der Waals surface area contributed by atoms with Gasteiger partial charge < -0.3 is 5.73 Å². The first kappa shape index (κ1) is 12.1. The smallest absolute Gasteiger partial charge is 0.168 e. The molecule has 0 fully saturated rings. The zero-order valence-corrected chi connectivity index (χ0v) is 10.9. The number of ketones is 1. The molecular formula is C13H12ClNOS. The van der Waals surface area contributed by atoms with Crippen LogP contribution >= 0.6 is 22.9 Å². The first-order valence-electron chi connectivity index (χ1n) is 5.20. The summed E-state index contributed by atoms with van der Waals surface area (Å²) in [4.78, 5) is 13.1. The zero-order chi connectivity index (χ0) is 12.4. The van der Waals surface area contributed by atoms with E-state index in [-0.39, 0.29) is 5.78 Å². The molecule has 4 heteroatoms. The van der Waals surface area contributed by atoms with Gasteiger partial charge in [0, 0.05) is 22.5 Å². The van der Waals surface area contributed by atoms with Crippen LogP contribution in [0.15, 0.2) is 30.3 Å². The second-order valence-electron chi connectivity index (χ2n) is 3.83. The number of benzene rings is 1. The highest BCUT2D eigenvalue weighted by molar-refractivity contribution is 7.16. The van der Waals surface area contributed by atoms with Crippen molar-refractivity contribution >= 4 is 34.4 Å². The van der Waals surface area contributed by atoms with Gasteiger partial charge in [0.25, 0.3) is 0 Å². The summed E-state index contributed by atoms with van der Waals surface area (Å²) < 4.78 is 0.706. The van der Waals surface area contributed by atoms with Gasteiger partial charge in [0.05, 0.1) is 4.34 Å². The molecule has 88 valence electrons. The Morgan fingerprint density at radius 3 is 2.76 bits per heavy atom. The van der Waals surface area contributed by atoms with E-state index < -0.39 is 0 Å². The molecule has 1 aromatic carbocycles. The minimum Gasteiger partial charge on any atom is -0.398 e. The predicted molar refractivity (Wildman–Crippen MR) is 73.0 cm³/mol.